The van der Waals surface area contributed by atoms with Crippen molar-refractivity contribution in [3.05, 3.63) is 23.7 Å². The Morgan fingerprint density at radius 3 is 2.67 bits per heavy atom. The summed E-state index contributed by atoms with van der Waals surface area (Å²) in [6, 6.07) is 1.76. The third-order valence-corrected chi connectivity index (χ3v) is 2.24. The van der Waals surface area contributed by atoms with Gasteiger partial charge in [-0.25, -0.2) is 9.59 Å². The zero-order valence-corrected chi connectivity index (χ0v) is 9.97. The Morgan fingerprint density at radius 1 is 1.44 bits per heavy atom. The van der Waals surface area contributed by atoms with Crippen molar-refractivity contribution in [3.63, 3.8) is 0 Å². The molecular formula is C11H16N2O5. The molecule has 0 aliphatic heterocycles. The quantitative estimate of drug-likeness (QED) is 0.582. The molecule has 0 fully saturated rings. The van der Waals surface area contributed by atoms with E-state index in [0.717, 1.165) is 5.76 Å². The van der Waals surface area contributed by atoms with Gasteiger partial charge in [0.15, 0.2) is 0 Å². The SMILES string of the molecule is Cc1ccc(CNC(=O)N[C@H](CCO)C(=O)O)o1. The number of carboxylic acids is 1. The van der Waals surface area contributed by atoms with E-state index in [4.69, 9.17) is 14.6 Å². The molecule has 1 aromatic rings. The lowest BCUT2D eigenvalue weighted by Gasteiger charge is -2.13. The molecule has 0 saturated heterocycles. The lowest BCUT2D eigenvalue weighted by molar-refractivity contribution is -0.139. The number of urea groups is 1. The molecule has 0 bridgehead atoms. The predicted octanol–water partition coefficient (Wildman–Crippen LogP) is 0.223. The number of hydrogen-bond donors (Lipinski definition) is 4. The highest BCUT2D eigenvalue weighted by Gasteiger charge is 2.18. The minimum Gasteiger partial charge on any atom is -0.480 e. The van der Waals surface area contributed by atoms with E-state index >= 15 is 0 Å². The highest BCUT2D eigenvalue weighted by molar-refractivity contribution is 5.82. The summed E-state index contributed by atoms with van der Waals surface area (Å²) in [7, 11) is 0. The van der Waals surface area contributed by atoms with E-state index in [1.165, 1.54) is 0 Å². The van der Waals surface area contributed by atoms with Crippen molar-refractivity contribution in [1.29, 1.82) is 0 Å². The number of furan rings is 1. The van der Waals surface area contributed by atoms with E-state index < -0.39 is 18.0 Å². The zero-order valence-electron chi connectivity index (χ0n) is 9.97. The molecule has 18 heavy (non-hydrogen) atoms. The Balaban J connectivity index is 2.38. The highest BCUT2D eigenvalue weighted by Crippen LogP contribution is 2.05. The topological polar surface area (TPSA) is 112 Å². The number of carbonyl (C=O) groups excluding carboxylic acids is 1. The van der Waals surface area contributed by atoms with E-state index in [1.54, 1.807) is 19.1 Å². The molecule has 0 aliphatic rings. The lowest BCUT2D eigenvalue weighted by atomic mass is 10.2. The van der Waals surface area contributed by atoms with Crippen LogP contribution in [-0.4, -0.2) is 34.9 Å². The fraction of sp³-hybridized carbons (Fsp3) is 0.455. The van der Waals surface area contributed by atoms with Crippen molar-refractivity contribution in [3.8, 4) is 0 Å². The Bertz CT molecular complexity index is 415. The van der Waals surface area contributed by atoms with Gasteiger partial charge in [0.05, 0.1) is 6.54 Å². The molecule has 2 amide bonds. The summed E-state index contributed by atoms with van der Waals surface area (Å²) in [5, 5.41) is 22.1. The maximum Gasteiger partial charge on any atom is 0.326 e. The van der Waals surface area contributed by atoms with Gasteiger partial charge in [-0.05, 0) is 19.1 Å². The van der Waals surface area contributed by atoms with Crippen LogP contribution in [-0.2, 0) is 11.3 Å². The van der Waals surface area contributed by atoms with Gasteiger partial charge >= 0.3 is 12.0 Å². The van der Waals surface area contributed by atoms with Crippen LogP contribution in [0.3, 0.4) is 0 Å². The summed E-state index contributed by atoms with van der Waals surface area (Å²) in [6.07, 6.45) is -0.0391. The molecule has 4 N–H and O–H groups in total. The molecule has 7 nitrogen and oxygen atoms in total. The predicted molar refractivity (Wildman–Crippen MR) is 61.9 cm³/mol. The average Bonchev–Trinajstić information content (AvgIpc) is 2.72. The van der Waals surface area contributed by atoms with E-state index in [0.29, 0.717) is 5.76 Å². The van der Waals surface area contributed by atoms with Gasteiger partial charge in [0.25, 0.3) is 0 Å². The Hall–Kier alpha value is -2.02. The van der Waals surface area contributed by atoms with Gasteiger partial charge < -0.3 is 25.3 Å². The van der Waals surface area contributed by atoms with Crippen LogP contribution in [0.5, 0.6) is 0 Å². The Kier molecular flexibility index (Phi) is 5.19. The number of carboxylic acid groups (broad SMARTS) is 1. The Labute approximate surface area is 104 Å². The first-order valence-corrected chi connectivity index (χ1v) is 5.46. The Morgan fingerprint density at radius 2 is 2.17 bits per heavy atom. The molecule has 1 heterocycles. The minimum atomic E-state index is -1.19. The number of nitrogens with one attached hydrogen (secondary N) is 2. The van der Waals surface area contributed by atoms with Gasteiger partial charge in [-0.1, -0.05) is 0 Å². The fourth-order valence-corrected chi connectivity index (χ4v) is 1.34. The second-order valence-corrected chi connectivity index (χ2v) is 3.74. The summed E-state index contributed by atoms with van der Waals surface area (Å²) in [6.45, 7) is 1.64. The number of aryl methyl sites for hydroxylation is 1. The third-order valence-electron chi connectivity index (χ3n) is 2.24. The van der Waals surface area contributed by atoms with Gasteiger partial charge in [0.1, 0.15) is 17.6 Å². The molecule has 100 valence electrons. The van der Waals surface area contributed by atoms with Crippen molar-refractivity contribution in [2.45, 2.75) is 25.9 Å². The molecular weight excluding hydrogens is 240 g/mol. The highest BCUT2D eigenvalue weighted by atomic mass is 16.4. The first-order valence-electron chi connectivity index (χ1n) is 5.46. The second-order valence-electron chi connectivity index (χ2n) is 3.74. The largest absolute Gasteiger partial charge is 0.480 e. The van der Waals surface area contributed by atoms with Gasteiger partial charge in [-0.3, -0.25) is 0 Å². The van der Waals surface area contributed by atoms with E-state index in [-0.39, 0.29) is 19.6 Å². The van der Waals surface area contributed by atoms with Crippen LogP contribution in [0.15, 0.2) is 16.5 Å². The molecule has 0 aromatic carbocycles. The number of aliphatic carboxylic acids is 1. The van der Waals surface area contributed by atoms with Crippen LogP contribution >= 0.6 is 0 Å². The summed E-state index contributed by atoms with van der Waals surface area (Å²) in [5.41, 5.74) is 0. The number of amides is 2. The van der Waals surface area contributed by atoms with Gasteiger partial charge in [0.2, 0.25) is 0 Å². The third kappa shape index (κ3) is 4.46. The smallest absolute Gasteiger partial charge is 0.326 e. The second kappa shape index (κ2) is 6.65. The molecule has 1 rings (SSSR count). The van der Waals surface area contributed by atoms with Crippen LogP contribution in [0.1, 0.15) is 17.9 Å². The van der Waals surface area contributed by atoms with Crippen molar-refractivity contribution < 1.29 is 24.2 Å². The van der Waals surface area contributed by atoms with Gasteiger partial charge in [0, 0.05) is 13.0 Å². The summed E-state index contributed by atoms with van der Waals surface area (Å²) in [5.74, 6) is 0.126. The molecule has 7 heteroatoms. The fourth-order valence-electron chi connectivity index (χ4n) is 1.34. The molecule has 0 aliphatic carbocycles. The molecule has 1 aromatic heterocycles. The van der Waals surface area contributed by atoms with Crippen LogP contribution in [0.2, 0.25) is 0 Å². The number of carbonyl (C=O) groups is 2. The standard InChI is InChI=1S/C11H16N2O5/c1-7-2-3-8(18-7)6-12-11(17)13-9(4-5-14)10(15)16/h2-3,9,14H,4-6H2,1H3,(H,15,16)(H2,12,13,17)/t9-/m1/s1. The molecule has 1 atom stereocenters. The van der Waals surface area contributed by atoms with Crippen LogP contribution < -0.4 is 10.6 Å². The van der Waals surface area contributed by atoms with Crippen molar-refractivity contribution in [2.75, 3.05) is 6.61 Å². The lowest BCUT2D eigenvalue weighted by Crippen LogP contribution is -2.46. The summed E-state index contributed by atoms with van der Waals surface area (Å²) < 4.78 is 5.24. The number of rotatable bonds is 6. The first kappa shape index (κ1) is 14.0. The molecule has 0 unspecified atom stereocenters. The van der Waals surface area contributed by atoms with Crippen LogP contribution in [0.25, 0.3) is 0 Å². The average molecular weight is 256 g/mol. The minimum absolute atomic E-state index is 0.0391. The summed E-state index contributed by atoms with van der Waals surface area (Å²) >= 11 is 0. The first-order chi connectivity index (χ1) is 8.52. The number of aliphatic hydroxyl groups is 1. The zero-order chi connectivity index (χ0) is 13.5. The molecule has 0 radical (unpaired) electrons. The van der Waals surface area contributed by atoms with Crippen LogP contribution in [0, 0.1) is 6.92 Å². The van der Waals surface area contributed by atoms with E-state index in [1.807, 2.05) is 0 Å². The van der Waals surface area contributed by atoms with E-state index in [2.05, 4.69) is 10.6 Å². The normalized spacial score (nSPS) is 11.9. The van der Waals surface area contributed by atoms with Gasteiger partial charge in [-0.2, -0.15) is 0 Å². The summed E-state index contributed by atoms with van der Waals surface area (Å²) in [4.78, 5) is 22.1. The van der Waals surface area contributed by atoms with E-state index in [9.17, 15) is 9.59 Å². The van der Waals surface area contributed by atoms with Crippen molar-refractivity contribution in [2.24, 2.45) is 0 Å². The maximum atomic E-state index is 11.4. The van der Waals surface area contributed by atoms with Crippen LogP contribution in [0.4, 0.5) is 4.79 Å². The van der Waals surface area contributed by atoms with Crippen molar-refractivity contribution in [1.82, 2.24) is 10.6 Å². The number of aliphatic hydroxyl groups excluding tert-OH is 1. The maximum absolute atomic E-state index is 11.4. The number of hydrogen-bond acceptors (Lipinski definition) is 4. The monoisotopic (exact) mass is 256 g/mol. The van der Waals surface area contributed by atoms with Gasteiger partial charge in [-0.15, -0.1) is 0 Å². The van der Waals surface area contributed by atoms with Crippen molar-refractivity contribution >= 4 is 12.0 Å². The molecule has 0 spiro atoms. The molecule has 0 saturated carbocycles.